The van der Waals surface area contributed by atoms with Crippen molar-refractivity contribution < 1.29 is 19.0 Å². The van der Waals surface area contributed by atoms with Gasteiger partial charge in [-0.05, 0) is 39.0 Å². The van der Waals surface area contributed by atoms with E-state index in [-0.39, 0.29) is 12.0 Å². The molecule has 102 valence electrons. The van der Waals surface area contributed by atoms with Crippen LogP contribution in [0.25, 0.3) is 10.9 Å². The number of benzene rings is 1. The topological polar surface area (TPSA) is 51.5 Å². The molecule has 0 aliphatic carbocycles. The van der Waals surface area contributed by atoms with Crippen molar-refractivity contribution in [3.05, 3.63) is 35.8 Å². The van der Waals surface area contributed by atoms with Crippen LogP contribution in [0.15, 0.2) is 24.3 Å². The summed E-state index contributed by atoms with van der Waals surface area (Å²) in [5.74, 6) is -0.436. The van der Waals surface area contributed by atoms with Gasteiger partial charge in [-0.2, -0.15) is 0 Å². The maximum absolute atomic E-state index is 13.7. The van der Waals surface area contributed by atoms with Crippen LogP contribution in [0, 0.1) is 5.82 Å². The number of rotatable bonds is 1. The van der Waals surface area contributed by atoms with Gasteiger partial charge in [0.1, 0.15) is 11.4 Å². The molecular formula is C14H16FNO3. The Balaban J connectivity index is 2.58. The second-order valence-corrected chi connectivity index (χ2v) is 5.28. The lowest BCUT2D eigenvalue weighted by Gasteiger charge is -2.20. The number of aliphatic hydroxyl groups excluding tert-OH is 1. The molecule has 0 aliphatic heterocycles. The highest BCUT2D eigenvalue weighted by atomic mass is 19.1. The lowest BCUT2D eigenvalue weighted by atomic mass is 10.2. The van der Waals surface area contributed by atoms with Gasteiger partial charge in [0, 0.05) is 5.39 Å². The van der Waals surface area contributed by atoms with Gasteiger partial charge in [-0.3, -0.25) is 0 Å². The van der Waals surface area contributed by atoms with E-state index in [2.05, 4.69) is 0 Å². The third-order valence-electron chi connectivity index (χ3n) is 2.61. The van der Waals surface area contributed by atoms with Gasteiger partial charge in [-0.15, -0.1) is 0 Å². The number of carbonyl (C=O) groups is 1. The quantitative estimate of drug-likeness (QED) is 0.862. The number of fused-ring (bicyclic) bond motifs is 1. The molecule has 1 aromatic heterocycles. The normalized spacial score (nSPS) is 11.8. The fourth-order valence-electron chi connectivity index (χ4n) is 1.89. The highest BCUT2D eigenvalue weighted by Crippen LogP contribution is 2.24. The predicted molar refractivity (Wildman–Crippen MR) is 69.5 cm³/mol. The summed E-state index contributed by atoms with van der Waals surface area (Å²) >= 11 is 0. The molecule has 1 N–H and O–H groups in total. The molecule has 2 rings (SSSR count). The highest BCUT2D eigenvalue weighted by Gasteiger charge is 2.22. The van der Waals surface area contributed by atoms with Gasteiger partial charge in [0.2, 0.25) is 0 Å². The summed E-state index contributed by atoms with van der Waals surface area (Å²) in [5.41, 5.74) is 0.0286. The average Bonchev–Trinajstić information content (AvgIpc) is 2.66. The van der Waals surface area contributed by atoms with E-state index in [0.717, 1.165) is 0 Å². The van der Waals surface area contributed by atoms with Gasteiger partial charge in [0.05, 0.1) is 17.8 Å². The van der Waals surface area contributed by atoms with Crippen molar-refractivity contribution in [3.8, 4) is 0 Å². The zero-order valence-corrected chi connectivity index (χ0v) is 11.1. The van der Waals surface area contributed by atoms with Crippen molar-refractivity contribution in [1.82, 2.24) is 4.57 Å². The molecule has 0 saturated heterocycles. The van der Waals surface area contributed by atoms with Gasteiger partial charge in [0.25, 0.3) is 0 Å². The van der Waals surface area contributed by atoms with Crippen LogP contribution in [0.2, 0.25) is 0 Å². The third kappa shape index (κ3) is 2.61. The highest BCUT2D eigenvalue weighted by molar-refractivity contribution is 5.91. The largest absolute Gasteiger partial charge is 0.443 e. The lowest BCUT2D eigenvalue weighted by molar-refractivity contribution is 0.0533. The Labute approximate surface area is 110 Å². The Kier molecular flexibility index (Phi) is 3.32. The number of aliphatic hydroxyl groups is 1. The number of aromatic nitrogens is 1. The average molecular weight is 265 g/mol. The zero-order valence-electron chi connectivity index (χ0n) is 11.1. The first-order chi connectivity index (χ1) is 8.83. The molecular weight excluding hydrogens is 249 g/mol. The molecule has 0 bridgehead atoms. The van der Waals surface area contributed by atoms with Crippen molar-refractivity contribution >= 4 is 17.0 Å². The molecule has 0 radical (unpaired) electrons. The third-order valence-corrected chi connectivity index (χ3v) is 2.61. The van der Waals surface area contributed by atoms with Crippen LogP contribution in [0.4, 0.5) is 9.18 Å². The van der Waals surface area contributed by atoms with Gasteiger partial charge in [-0.25, -0.2) is 13.8 Å². The van der Waals surface area contributed by atoms with Gasteiger partial charge < -0.3 is 9.84 Å². The minimum Gasteiger partial charge on any atom is -0.443 e. The zero-order chi connectivity index (χ0) is 14.2. The summed E-state index contributed by atoms with van der Waals surface area (Å²) in [5, 5.41) is 9.60. The molecule has 0 unspecified atom stereocenters. The van der Waals surface area contributed by atoms with Crippen LogP contribution in [-0.2, 0) is 11.3 Å². The minimum absolute atomic E-state index is 0.289. The van der Waals surface area contributed by atoms with Crippen molar-refractivity contribution in [2.24, 2.45) is 0 Å². The SMILES string of the molecule is CC(C)(C)OC(=O)n1c(CO)cc2c(F)cccc21. The number of halogens is 1. The molecule has 19 heavy (non-hydrogen) atoms. The van der Waals surface area contributed by atoms with E-state index >= 15 is 0 Å². The number of carbonyl (C=O) groups excluding carboxylic acids is 1. The van der Waals surface area contributed by atoms with E-state index in [4.69, 9.17) is 4.74 Å². The maximum atomic E-state index is 13.7. The van der Waals surface area contributed by atoms with Crippen LogP contribution in [-0.4, -0.2) is 21.4 Å². The van der Waals surface area contributed by atoms with E-state index in [1.807, 2.05) is 0 Å². The van der Waals surface area contributed by atoms with E-state index < -0.39 is 17.5 Å². The monoisotopic (exact) mass is 265 g/mol. The van der Waals surface area contributed by atoms with Crippen molar-refractivity contribution in [3.63, 3.8) is 0 Å². The van der Waals surface area contributed by atoms with Gasteiger partial charge >= 0.3 is 6.09 Å². The van der Waals surface area contributed by atoms with Gasteiger partial charge in [-0.1, -0.05) is 6.07 Å². The summed E-state index contributed by atoms with van der Waals surface area (Å²) in [6.45, 7) is 4.87. The van der Waals surface area contributed by atoms with Crippen molar-refractivity contribution in [2.75, 3.05) is 0 Å². The second-order valence-electron chi connectivity index (χ2n) is 5.28. The summed E-state index contributed by atoms with van der Waals surface area (Å²) in [6.07, 6.45) is -0.628. The molecule has 5 heteroatoms. The first kappa shape index (κ1) is 13.5. The molecule has 2 aromatic rings. The number of hydrogen-bond donors (Lipinski definition) is 1. The molecule has 0 spiro atoms. The van der Waals surface area contributed by atoms with E-state index in [1.165, 1.54) is 22.8 Å². The smallest absolute Gasteiger partial charge is 0.419 e. The summed E-state index contributed by atoms with van der Waals surface area (Å²) in [6, 6.07) is 5.89. The summed E-state index contributed by atoms with van der Waals surface area (Å²) in [7, 11) is 0. The van der Waals surface area contributed by atoms with Crippen LogP contribution < -0.4 is 0 Å². The van der Waals surface area contributed by atoms with Crippen LogP contribution in [0.5, 0.6) is 0 Å². The summed E-state index contributed by atoms with van der Waals surface area (Å²) in [4.78, 5) is 12.1. The van der Waals surface area contributed by atoms with Crippen LogP contribution in [0.3, 0.4) is 0 Å². The minimum atomic E-state index is -0.659. The van der Waals surface area contributed by atoms with E-state index in [1.54, 1.807) is 26.8 Å². The molecule has 0 amide bonds. The Bertz CT molecular complexity index is 625. The maximum Gasteiger partial charge on any atom is 0.419 e. The molecule has 0 atom stereocenters. The molecule has 1 aromatic carbocycles. The predicted octanol–water partition coefficient (Wildman–Crippen LogP) is 3.06. The lowest BCUT2D eigenvalue weighted by Crippen LogP contribution is -2.28. The van der Waals surface area contributed by atoms with Crippen molar-refractivity contribution in [2.45, 2.75) is 33.0 Å². The van der Waals surface area contributed by atoms with E-state index in [0.29, 0.717) is 11.2 Å². The Hall–Kier alpha value is -1.88. The Morgan fingerprint density at radius 2 is 2.11 bits per heavy atom. The van der Waals surface area contributed by atoms with Crippen LogP contribution >= 0.6 is 0 Å². The van der Waals surface area contributed by atoms with Crippen LogP contribution in [0.1, 0.15) is 26.5 Å². The first-order valence-corrected chi connectivity index (χ1v) is 5.96. The molecule has 0 fully saturated rings. The Morgan fingerprint density at radius 1 is 1.42 bits per heavy atom. The fourth-order valence-corrected chi connectivity index (χ4v) is 1.89. The number of ether oxygens (including phenoxy) is 1. The van der Waals surface area contributed by atoms with Crippen molar-refractivity contribution in [1.29, 1.82) is 0 Å². The molecule has 0 saturated carbocycles. The standard InChI is InChI=1S/C14H16FNO3/c1-14(2,3)19-13(18)16-9(8-17)7-10-11(15)5-4-6-12(10)16/h4-7,17H,8H2,1-3H3. The number of nitrogens with zero attached hydrogens (tertiary/aromatic N) is 1. The molecule has 0 aliphatic rings. The van der Waals surface area contributed by atoms with E-state index in [9.17, 15) is 14.3 Å². The Morgan fingerprint density at radius 3 is 2.68 bits per heavy atom. The van der Waals surface area contributed by atoms with Gasteiger partial charge in [0.15, 0.2) is 0 Å². The first-order valence-electron chi connectivity index (χ1n) is 5.96. The molecule has 4 nitrogen and oxygen atoms in total. The molecule has 1 heterocycles. The fraction of sp³-hybridized carbons (Fsp3) is 0.357. The summed E-state index contributed by atoms with van der Waals surface area (Å²) < 4.78 is 20.1. The number of hydrogen-bond acceptors (Lipinski definition) is 3. The second kappa shape index (κ2) is 4.66.